The Hall–Kier alpha value is -2.21. The maximum absolute atomic E-state index is 13.1. The fourth-order valence-corrected chi connectivity index (χ4v) is 4.96. The Balaban J connectivity index is 1.32. The number of carbonyl (C=O) groups is 2. The first-order chi connectivity index (χ1) is 15.1. The molecule has 31 heavy (non-hydrogen) atoms. The van der Waals surface area contributed by atoms with Gasteiger partial charge in [-0.1, -0.05) is 12.2 Å². The van der Waals surface area contributed by atoms with Crippen molar-refractivity contribution in [3.05, 3.63) is 42.2 Å². The number of amides is 2. The van der Waals surface area contributed by atoms with Gasteiger partial charge in [0.05, 0.1) is 0 Å². The maximum Gasteiger partial charge on any atom is 0.224 e. The van der Waals surface area contributed by atoms with Gasteiger partial charge in [-0.05, 0) is 69.1 Å². The van der Waals surface area contributed by atoms with Gasteiger partial charge in [0.1, 0.15) is 0 Å². The Morgan fingerprint density at radius 1 is 1.10 bits per heavy atom. The van der Waals surface area contributed by atoms with Crippen LogP contribution in [0.2, 0.25) is 0 Å². The molecule has 0 spiro atoms. The van der Waals surface area contributed by atoms with E-state index >= 15 is 0 Å². The van der Waals surface area contributed by atoms with Crippen molar-refractivity contribution in [2.75, 3.05) is 19.6 Å². The van der Waals surface area contributed by atoms with E-state index < -0.39 is 0 Å². The number of nitrogens with zero attached hydrogens (tertiary/aromatic N) is 3. The van der Waals surface area contributed by atoms with Gasteiger partial charge in [0.25, 0.3) is 0 Å². The summed E-state index contributed by atoms with van der Waals surface area (Å²) in [6.45, 7) is 5.18. The molecule has 1 aromatic rings. The molecular weight excluding hydrogens is 388 g/mol. The van der Waals surface area contributed by atoms with E-state index in [9.17, 15) is 9.59 Å². The number of rotatable bonds is 10. The summed E-state index contributed by atoms with van der Waals surface area (Å²) >= 11 is 0. The minimum atomic E-state index is 0.113. The molecule has 6 nitrogen and oxygen atoms in total. The van der Waals surface area contributed by atoms with Crippen LogP contribution >= 0.6 is 0 Å². The molecule has 1 aliphatic heterocycles. The average molecular weight is 425 g/mol. The van der Waals surface area contributed by atoms with Crippen LogP contribution in [0.5, 0.6) is 0 Å². The zero-order chi connectivity index (χ0) is 21.6. The predicted molar refractivity (Wildman–Crippen MR) is 121 cm³/mol. The number of hydrogen-bond acceptors (Lipinski definition) is 4. The lowest BCUT2D eigenvalue weighted by Gasteiger charge is -2.32. The summed E-state index contributed by atoms with van der Waals surface area (Å²) in [7, 11) is 0. The van der Waals surface area contributed by atoms with Crippen molar-refractivity contribution in [3.8, 4) is 0 Å². The van der Waals surface area contributed by atoms with Crippen molar-refractivity contribution in [3.63, 3.8) is 0 Å². The first-order valence-corrected chi connectivity index (χ1v) is 12.0. The summed E-state index contributed by atoms with van der Waals surface area (Å²) in [5.41, 5.74) is 1.12. The molecule has 3 aliphatic rings. The first-order valence-electron chi connectivity index (χ1n) is 12.0. The van der Waals surface area contributed by atoms with E-state index in [1.54, 1.807) is 12.4 Å². The summed E-state index contributed by atoms with van der Waals surface area (Å²) in [6.07, 6.45) is 14.8. The standard InChI is InChI=1S/C25H36N4O2/c1-2-28(17-20-11-13-26-14-12-20)24(30)15-22-9-10-23(29(22)18-19-7-8-19)16-27-25(31)21-5-3-4-6-21/h3-4,11-14,19,21-23H,2,5-10,15-18H2,1H3,(H,27,31)/t22-,23+/m1/s1. The maximum atomic E-state index is 13.1. The van der Waals surface area contributed by atoms with Crippen LogP contribution < -0.4 is 5.32 Å². The second-order valence-corrected chi connectivity index (χ2v) is 9.38. The van der Waals surface area contributed by atoms with Crippen molar-refractivity contribution in [2.24, 2.45) is 11.8 Å². The zero-order valence-corrected chi connectivity index (χ0v) is 18.7. The molecule has 0 radical (unpaired) electrons. The molecule has 1 saturated carbocycles. The molecule has 1 N–H and O–H groups in total. The number of hydrogen-bond donors (Lipinski definition) is 1. The van der Waals surface area contributed by atoms with Crippen molar-refractivity contribution in [1.82, 2.24) is 20.1 Å². The summed E-state index contributed by atoms with van der Waals surface area (Å²) < 4.78 is 0. The van der Waals surface area contributed by atoms with Gasteiger partial charge >= 0.3 is 0 Å². The van der Waals surface area contributed by atoms with Crippen LogP contribution in [0.4, 0.5) is 0 Å². The van der Waals surface area contributed by atoms with Gasteiger partial charge in [0, 0.05) is 63.0 Å². The van der Waals surface area contributed by atoms with Crippen LogP contribution in [0.1, 0.15) is 57.4 Å². The molecule has 1 saturated heterocycles. The lowest BCUT2D eigenvalue weighted by Crippen LogP contribution is -2.46. The molecule has 4 rings (SSSR count). The smallest absolute Gasteiger partial charge is 0.224 e. The van der Waals surface area contributed by atoms with E-state index in [4.69, 9.17) is 0 Å². The SMILES string of the molecule is CCN(Cc1ccncc1)C(=O)C[C@H]1CC[C@@H](CNC(=O)C2CC=CC2)N1CC1CC1. The highest BCUT2D eigenvalue weighted by Gasteiger charge is 2.38. The quantitative estimate of drug-likeness (QED) is 0.586. The van der Waals surface area contributed by atoms with Gasteiger partial charge < -0.3 is 10.2 Å². The molecule has 0 unspecified atom stereocenters. The fraction of sp³-hybridized carbons (Fsp3) is 0.640. The molecule has 2 atom stereocenters. The summed E-state index contributed by atoms with van der Waals surface area (Å²) in [5, 5.41) is 3.21. The van der Waals surface area contributed by atoms with E-state index in [-0.39, 0.29) is 23.8 Å². The number of pyridine rings is 1. The predicted octanol–water partition coefficient (Wildman–Crippen LogP) is 3.15. The van der Waals surface area contributed by atoms with E-state index in [2.05, 4.69) is 27.4 Å². The number of nitrogens with one attached hydrogen (secondary N) is 1. The highest BCUT2D eigenvalue weighted by Crippen LogP contribution is 2.35. The topological polar surface area (TPSA) is 65.5 Å². The van der Waals surface area contributed by atoms with Gasteiger partial charge in [0.15, 0.2) is 0 Å². The van der Waals surface area contributed by atoms with E-state index in [0.29, 0.717) is 32.1 Å². The summed E-state index contributed by atoms with van der Waals surface area (Å²) in [5.74, 6) is 1.30. The number of likely N-dealkylation sites (tertiary alicyclic amines) is 1. The molecule has 168 valence electrons. The Bertz CT molecular complexity index is 769. The van der Waals surface area contributed by atoms with Crippen molar-refractivity contribution in [2.45, 2.75) is 70.5 Å². The van der Waals surface area contributed by atoms with Gasteiger partial charge in [0.2, 0.25) is 11.8 Å². The van der Waals surface area contributed by atoms with Gasteiger partial charge in [-0.15, -0.1) is 0 Å². The number of carbonyl (C=O) groups excluding carboxylic acids is 2. The second-order valence-electron chi connectivity index (χ2n) is 9.38. The third-order valence-electron chi connectivity index (χ3n) is 7.10. The van der Waals surface area contributed by atoms with Crippen LogP contribution in [0.25, 0.3) is 0 Å². The van der Waals surface area contributed by atoms with Gasteiger partial charge in [-0.3, -0.25) is 19.5 Å². The zero-order valence-electron chi connectivity index (χ0n) is 18.7. The Morgan fingerprint density at radius 3 is 2.48 bits per heavy atom. The van der Waals surface area contributed by atoms with Crippen molar-refractivity contribution >= 4 is 11.8 Å². The molecule has 6 heteroatoms. The van der Waals surface area contributed by atoms with Crippen LogP contribution in [0, 0.1) is 11.8 Å². The lowest BCUT2D eigenvalue weighted by atomic mass is 10.1. The van der Waals surface area contributed by atoms with E-state index in [1.165, 1.54) is 12.8 Å². The fourth-order valence-electron chi connectivity index (χ4n) is 4.96. The van der Waals surface area contributed by atoms with Crippen LogP contribution in [0.3, 0.4) is 0 Å². The minimum Gasteiger partial charge on any atom is -0.354 e. The van der Waals surface area contributed by atoms with Crippen molar-refractivity contribution in [1.29, 1.82) is 0 Å². The van der Waals surface area contributed by atoms with Crippen molar-refractivity contribution < 1.29 is 9.59 Å². The monoisotopic (exact) mass is 424 g/mol. The van der Waals surface area contributed by atoms with Crippen LogP contribution in [-0.4, -0.2) is 58.3 Å². The largest absolute Gasteiger partial charge is 0.354 e. The average Bonchev–Trinajstić information content (AvgIpc) is 3.28. The molecule has 2 heterocycles. The molecule has 0 bridgehead atoms. The Labute approximate surface area is 186 Å². The van der Waals surface area contributed by atoms with Crippen LogP contribution in [0.15, 0.2) is 36.7 Å². The summed E-state index contributed by atoms with van der Waals surface area (Å²) in [4.78, 5) is 34.2. The van der Waals surface area contributed by atoms with Crippen LogP contribution in [-0.2, 0) is 16.1 Å². The second kappa shape index (κ2) is 10.4. The molecule has 2 amide bonds. The highest BCUT2D eigenvalue weighted by molar-refractivity contribution is 5.79. The molecule has 2 fully saturated rings. The third-order valence-corrected chi connectivity index (χ3v) is 7.10. The Morgan fingerprint density at radius 2 is 1.81 bits per heavy atom. The molecule has 2 aliphatic carbocycles. The van der Waals surface area contributed by atoms with Gasteiger partial charge in [-0.25, -0.2) is 0 Å². The summed E-state index contributed by atoms with van der Waals surface area (Å²) in [6, 6.07) is 4.59. The Kier molecular flexibility index (Phi) is 7.38. The highest BCUT2D eigenvalue weighted by atomic mass is 16.2. The molecular formula is C25H36N4O2. The minimum absolute atomic E-state index is 0.113. The van der Waals surface area contributed by atoms with E-state index in [0.717, 1.165) is 43.7 Å². The third kappa shape index (κ3) is 5.94. The van der Waals surface area contributed by atoms with E-state index in [1.807, 2.05) is 24.0 Å². The number of allylic oxidation sites excluding steroid dienone is 2. The normalized spacial score (nSPS) is 23.9. The molecule has 0 aromatic carbocycles. The molecule has 1 aromatic heterocycles. The number of aromatic nitrogens is 1. The lowest BCUT2D eigenvalue weighted by molar-refractivity contribution is -0.133. The first kappa shape index (κ1) is 22.0. The van der Waals surface area contributed by atoms with Gasteiger partial charge in [-0.2, -0.15) is 0 Å².